The van der Waals surface area contributed by atoms with Crippen LogP contribution in [0.25, 0.3) is 10.9 Å². The lowest BCUT2D eigenvalue weighted by atomic mass is 9.86. The third-order valence-corrected chi connectivity index (χ3v) is 11.0. The highest BCUT2D eigenvalue weighted by atomic mass is 35.5. The summed E-state index contributed by atoms with van der Waals surface area (Å²) in [7, 11) is -2.52. The van der Waals surface area contributed by atoms with E-state index in [2.05, 4.69) is 15.2 Å². The third kappa shape index (κ3) is 10.3. The number of H-pyrrole nitrogens is 1. The molecule has 278 valence electrons. The molecule has 3 aromatic carbocycles. The number of fused-ring (bicyclic) bond motifs is 1. The fourth-order valence-electron chi connectivity index (χ4n) is 6.53. The fourth-order valence-corrected chi connectivity index (χ4v) is 8.27. The molecule has 0 bridgehead atoms. The minimum atomic E-state index is -4.02. The van der Waals surface area contributed by atoms with Crippen LogP contribution >= 0.6 is 11.6 Å². The van der Waals surface area contributed by atoms with Crippen molar-refractivity contribution in [3.05, 3.63) is 94.1 Å². The number of aliphatic hydroxyl groups excluding tert-OH is 1. The first-order valence-corrected chi connectivity index (χ1v) is 19.3. The van der Waals surface area contributed by atoms with Crippen LogP contribution in [0.2, 0.25) is 5.02 Å². The van der Waals surface area contributed by atoms with E-state index in [0.717, 1.165) is 25.1 Å². The lowest BCUT2D eigenvalue weighted by Gasteiger charge is -2.23. The van der Waals surface area contributed by atoms with Gasteiger partial charge in [-0.1, -0.05) is 30.7 Å². The topological polar surface area (TPSA) is 164 Å². The van der Waals surface area contributed by atoms with Crippen LogP contribution in [0.5, 0.6) is 11.5 Å². The van der Waals surface area contributed by atoms with Gasteiger partial charge < -0.3 is 29.6 Å². The summed E-state index contributed by atoms with van der Waals surface area (Å²) in [5.74, 6) is -4.70. The van der Waals surface area contributed by atoms with E-state index in [-0.39, 0.29) is 18.2 Å². The number of nitrogens with zero attached hydrogens (tertiary/aromatic N) is 1. The fraction of sp³-hybridized carbons (Fsp3) is 0.395. The standard InChI is InChI=1S/C38H44ClN3O9S/c1-24(22-52(47,48)23-34(44)40-15-5-17-50-31-7-4-6-26(18-31)20-42-16-14-29(43)21-42)35(38(46)51-37(45)27-8-10-28(39)11-9-27)36-25(2)41-33-13-12-30(49-3)19-32(33)36/h4,6-13,18-19,24,29,35,41,43H,5,14-17,20-23H2,1-3H3,(H,40,44). The summed E-state index contributed by atoms with van der Waals surface area (Å²) in [5, 5.41) is 13.4. The number of esters is 2. The van der Waals surface area contributed by atoms with Crippen molar-refractivity contribution in [2.24, 2.45) is 5.92 Å². The van der Waals surface area contributed by atoms with Crippen LogP contribution < -0.4 is 14.8 Å². The van der Waals surface area contributed by atoms with E-state index in [1.54, 1.807) is 32.0 Å². The van der Waals surface area contributed by atoms with Gasteiger partial charge >= 0.3 is 11.9 Å². The Labute approximate surface area is 308 Å². The quantitative estimate of drug-likeness (QED) is 0.0822. The van der Waals surface area contributed by atoms with Gasteiger partial charge in [0, 0.05) is 47.8 Å². The largest absolute Gasteiger partial charge is 0.497 e. The Morgan fingerprint density at radius 1 is 1.08 bits per heavy atom. The Hall–Kier alpha value is -4.43. The zero-order chi connectivity index (χ0) is 37.4. The number of benzene rings is 3. The molecule has 12 nitrogen and oxygen atoms in total. The van der Waals surface area contributed by atoms with Gasteiger partial charge in [0.05, 0.1) is 37.1 Å². The molecule has 3 atom stereocenters. The predicted octanol–water partition coefficient (Wildman–Crippen LogP) is 4.81. The maximum atomic E-state index is 13.8. The summed E-state index contributed by atoms with van der Waals surface area (Å²) in [4.78, 5) is 44.9. The van der Waals surface area contributed by atoms with Crippen LogP contribution in [-0.2, 0) is 30.7 Å². The highest BCUT2D eigenvalue weighted by Gasteiger charge is 2.36. The molecular formula is C38H44ClN3O9S. The van der Waals surface area contributed by atoms with Crippen LogP contribution in [0.1, 0.15) is 52.9 Å². The molecule has 2 heterocycles. The monoisotopic (exact) mass is 753 g/mol. The number of aromatic nitrogens is 1. The van der Waals surface area contributed by atoms with Gasteiger partial charge in [-0.2, -0.15) is 0 Å². The van der Waals surface area contributed by atoms with E-state index < -0.39 is 51.0 Å². The number of hydrogen-bond donors (Lipinski definition) is 3. The van der Waals surface area contributed by atoms with E-state index in [9.17, 15) is 27.9 Å². The van der Waals surface area contributed by atoms with Gasteiger partial charge in [0.25, 0.3) is 0 Å². The molecule has 0 aliphatic carbocycles. The first kappa shape index (κ1) is 38.8. The van der Waals surface area contributed by atoms with Gasteiger partial charge in [-0.25, -0.2) is 13.2 Å². The highest BCUT2D eigenvalue weighted by molar-refractivity contribution is 7.92. The lowest BCUT2D eigenvalue weighted by Crippen LogP contribution is -2.35. The van der Waals surface area contributed by atoms with Crippen LogP contribution in [-0.4, -0.2) is 92.2 Å². The zero-order valence-corrected chi connectivity index (χ0v) is 31.0. The summed E-state index contributed by atoms with van der Waals surface area (Å²) in [5.41, 5.74) is 2.91. The van der Waals surface area contributed by atoms with E-state index in [0.29, 0.717) is 58.3 Å². The molecule has 5 rings (SSSR count). The second kappa shape index (κ2) is 17.4. The molecule has 0 saturated carbocycles. The van der Waals surface area contributed by atoms with E-state index in [1.165, 1.54) is 31.4 Å². The summed E-state index contributed by atoms with van der Waals surface area (Å²) < 4.78 is 43.3. The Bertz CT molecular complexity index is 2000. The van der Waals surface area contributed by atoms with Crippen molar-refractivity contribution in [3.63, 3.8) is 0 Å². The summed E-state index contributed by atoms with van der Waals surface area (Å²) >= 11 is 5.94. The number of nitrogens with one attached hydrogen (secondary N) is 2. The molecule has 3 N–H and O–H groups in total. The number of hydrogen-bond acceptors (Lipinski definition) is 10. The molecule has 14 heteroatoms. The summed E-state index contributed by atoms with van der Waals surface area (Å²) in [6.45, 7) is 6.05. The highest BCUT2D eigenvalue weighted by Crippen LogP contribution is 2.37. The van der Waals surface area contributed by atoms with Crippen molar-refractivity contribution in [1.82, 2.24) is 15.2 Å². The summed E-state index contributed by atoms with van der Waals surface area (Å²) in [6.07, 6.45) is 0.932. The first-order chi connectivity index (χ1) is 24.8. The SMILES string of the molecule is COc1ccc2[nH]c(C)c(C(C(=O)OC(=O)c3ccc(Cl)cc3)C(C)CS(=O)(=O)CC(=O)NCCCOc3cccc(CN4CCC(O)C4)c3)c2c1. The molecule has 0 radical (unpaired) electrons. The lowest BCUT2D eigenvalue weighted by molar-refractivity contribution is -0.140. The first-order valence-electron chi connectivity index (χ1n) is 17.1. The number of rotatable bonds is 16. The molecular weight excluding hydrogens is 710 g/mol. The Morgan fingerprint density at radius 3 is 2.56 bits per heavy atom. The number of aryl methyl sites for hydroxylation is 1. The van der Waals surface area contributed by atoms with Crippen molar-refractivity contribution in [3.8, 4) is 11.5 Å². The average Bonchev–Trinajstić information content (AvgIpc) is 3.65. The molecule has 0 spiro atoms. The number of sulfone groups is 1. The number of amides is 1. The van der Waals surface area contributed by atoms with E-state index >= 15 is 0 Å². The number of likely N-dealkylation sites (tertiary alicyclic amines) is 1. The van der Waals surface area contributed by atoms with E-state index in [1.807, 2.05) is 24.3 Å². The number of β-amino-alcohol motifs (C(OH)–C–C–N with tert-alkyl or cyclic N) is 1. The van der Waals surface area contributed by atoms with Crippen molar-refractivity contribution < 1.29 is 42.1 Å². The number of ether oxygens (including phenoxy) is 3. The average molecular weight is 754 g/mol. The van der Waals surface area contributed by atoms with Crippen molar-refractivity contribution in [1.29, 1.82) is 0 Å². The van der Waals surface area contributed by atoms with E-state index in [4.69, 9.17) is 25.8 Å². The van der Waals surface area contributed by atoms with Crippen molar-refractivity contribution in [2.75, 3.05) is 44.9 Å². The minimum Gasteiger partial charge on any atom is -0.497 e. The molecule has 1 amide bonds. The minimum absolute atomic E-state index is 0.101. The molecule has 1 aliphatic rings. The van der Waals surface area contributed by atoms with Gasteiger partial charge in [0.2, 0.25) is 5.91 Å². The maximum absolute atomic E-state index is 13.8. The van der Waals surface area contributed by atoms with Gasteiger partial charge in [-0.15, -0.1) is 0 Å². The molecule has 1 aromatic heterocycles. The van der Waals surface area contributed by atoms with Gasteiger partial charge in [-0.05, 0) is 91.4 Å². The number of carbonyl (C=O) groups excluding carboxylic acids is 3. The molecule has 1 fully saturated rings. The van der Waals surface area contributed by atoms with Gasteiger partial charge in [0.1, 0.15) is 17.3 Å². The number of carbonyl (C=O) groups is 3. The van der Waals surface area contributed by atoms with Crippen LogP contribution in [0, 0.1) is 12.8 Å². The Morgan fingerprint density at radius 2 is 1.85 bits per heavy atom. The number of methoxy groups -OCH3 is 1. The van der Waals surface area contributed by atoms with Crippen molar-refractivity contribution >= 4 is 50.2 Å². The second-order valence-electron chi connectivity index (χ2n) is 13.2. The zero-order valence-electron chi connectivity index (χ0n) is 29.4. The van der Waals surface area contributed by atoms with Crippen molar-refractivity contribution in [2.45, 2.75) is 45.3 Å². The van der Waals surface area contributed by atoms with Gasteiger partial charge in [-0.3, -0.25) is 14.5 Å². The number of aromatic amines is 1. The summed E-state index contributed by atoms with van der Waals surface area (Å²) in [6, 6.07) is 18.8. The Kier molecular flexibility index (Phi) is 13.0. The van der Waals surface area contributed by atoms with Crippen LogP contribution in [0.15, 0.2) is 66.7 Å². The predicted molar refractivity (Wildman–Crippen MR) is 197 cm³/mol. The molecule has 1 aliphatic heterocycles. The number of aliphatic hydroxyl groups is 1. The second-order valence-corrected chi connectivity index (χ2v) is 15.7. The Balaban J connectivity index is 1.19. The van der Waals surface area contributed by atoms with Crippen LogP contribution in [0.3, 0.4) is 0 Å². The molecule has 4 aromatic rings. The molecule has 1 saturated heterocycles. The van der Waals surface area contributed by atoms with Gasteiger partial charge in [0.15, 0.2) is 9.84 Å². The number of halogens is 1. The maximum Gasteiger partial charge on any atom is 0.345 e. The van der Waals surface area contributed by atoms with Crippen LogP contribution in [0.4, 0.5) is 0 Å². The smallest absolute Gasteiger partial charge is 0.345 e. The third-order valence-electron chi connectivity index (χ3n) is 8.98. The molecule has 3 unspecified atom stereocenters. The normalized spacial score (nSPS) is 16.0. The molecule has 52 heavy (non-hydrogen) atoms.